The molecule has 0 bridgehead atoms. The number of nitrogens with zero attached hydrogens (tertiary/aromatic N) is 5. The minimum Gasteiger partial charge on any atom is -0.441 e. The molecule has 2 aromatic heterocycles. The SMILES string of the molecule is O=C1O[C@]2(CC[C@H](CNc3ccn(-c4ccccc4F)n3)CC2)CN1c1cncnc1. The van der Waals surface area contributed by atoms with Crippen LogP contribution in [0.4, 0.5) is 20.7 Å². The highest BCUT2D eigenvalue weighted by atomic mass is 19.1. The van der Waals surface area contributed by atoms with Gasteiger partial charge in [-0.15, -0.1) is 0 Å². The Labute approximate surface area is 179 Å². The summed E-state index contributed by atoms with van der Waals surface area (Å²) >= 11 is 0. The van der Waals surface area contributed by atoms with Gasteiger partial charge in [0.2, 0.25) is 0 Å². The molecule has 2 aliphatic rings. The van der Waals surface area contributed by atoms with Crippen molar-refractivity contribution in [3.05, 3.63) is 61.1 Å². The lowest BCUT2D eigenvalue weighted by molar-refractivity contribution is 0.0148. The average molecular weight is 422 g/mol. The number of carbonyl (C=O) groups is 1. The third kappa shape index (κ3) is 3.95. The Morgan fingerprint density at radius 1 is 1.16 bits per heavy atom. The van der Waals surface area contributed by atoms with Crippen molar-refractivity contribution in [3.8, 4) is 5.69 Å². The van der Waals surface area contributed by atoms with Crippen molar-refractivity contribution in [2.45, 2.75) is 31.3 Å². The standard InChI is InChI=1S/C22H23FN6O2/c23-18-3-1-2-4-19(18)29-10-7-20(27-29)26-11-16-5-8-22(9-6-16)14-28(21(30)31-22)17-12-24-15-25-13-17/h1-4,7,10,12-13,15-16H,5-6,8-9,11,14H2,(H,26,27)/t16-,22-. The summed E-state index contributed by atoms with van der Waals surface area (Å²) in [6, 6.07) is 8.40. The van der Waals surface area contributed by atoms with Crippen LogP contribution in [0.1, 0.15) is 25.7 Å². The van der Waals surface area contributed by atoms with Crippen molar-refractivity contribution in [2.75, 3.05) is 23.3 Å². The zero-order valence-electron chi connectivity index (χ0n) is 16.9. The van der Waals surface area contributed by atoms with E-state index >= 15 is 0 Å². The van der Waals surface area contributed by atoms with Crippen molar-refractivity contribution >= 4 is 17.6 Å². The molecule has 1 aromatic carbocycles. The molecule has 0 unspecified atom stereocenters. The van der Waals surface area contributed by atoms with Crippen LogP contribution in [0.5, 0.6) is 0 Å². The van der Waals surface area contributed by atoms with E-state index in [-0.39, 0.29) is 11.9 Å². The molecule has 1 saturated heterocycles. The highest BCUT2D eigenvalue weighted by Crippen LogP contribution is 2.40. The molecular weight excluding hydrogens is 399 g/mol. The second-order valence-electron chi connectivity index (χ2n) is 8.16. The van der Waals surface area contributed by atoms with Gasteiger partial charge in [0, 0.05) is 18.8 Å². The quantitative estimate of drug-likeness (QED) is 0.673. The normalized spacial score (nSPS) is 23.2. The second-order valence-corrected chi connectivity index (χ2v) is 8.16. The first-order chi connectivity index (χ1) is 15.1. The van der Waals surface area contributed by atoms with Crippen molar-refractivity contribution in [1.29, 1.82) is 0 Å². The number of ether oxygens (including phenoxy) is 1. The molecule has 8 nitrogen and oxygen atoms in total. The van der Waals surface area contributed by atoms with Crippen LogP contribution in [0, 0.1) is 11.7 Å². The van der Waals surface area contributed by atoms with Gasteiger partial charge < -0.3 is 10.1 Å². The van der Waals surface area contributed by atoms with E-state index in [1.54, 1.807) is 41.7 Å². The first-order valence-corrected chi connectivity index (χ1v) is 10.4. The summed E-state index contributed by atoms with van der Waals surface area (Å²) in [6.07, 6.45) is 9.66. The molecule has 1 aliphatic carbocycles. The van der Waals surface area contributed by atoms with Gasteiger partial charge in [0.25, 0.3) is 0 Å². The minimum absolute atomic E-state index is 0.308. The number of amides is 1. The van der Waals surface area contributed by atoms with Gasteiger partial charge in [0.1, 0.15) is 29.3 Å². The molecule has 1 aliphatic heterocycles. The maximum atomic E-state index is 13.9. The first-order valence-electron chi connectivity index (χ1n) is 10.4. The highest BCUT2D eigenvalue weighted by Gasteiger charge is 2.47. The van der Waals surface area contributed by atoms with Crippen LogP contribution in [0.3, 0.4) is 0 Å². The van der Waals surface area contributed by atoms with Gasteiger partial charge in [-0.25, -0.2) is 23.8 Å². The summed E-state index contributed by atoms with van der Waals surface area (Å²) in [6.45, 7) is 1.31. The van der Waals surface area contributed by atoms with Crippen molar-refractivity contribution in [2.24, 2.45) is 5.92 Å². The number of rotatable bonds is 5. The molecule has 1 N–H and O–H groups in total. The summed E-state index contributed by atoms with van der Waals surface area (Å²) in [5.74, 6) is 0.861. The number of para-hydroxylation sites is 1. The predicted molar refractivity (Wildman–Crippen MR) is 113 cm³/mol. The molecule has 9 heteroatoms. The molecule has 3 aromatic rings. The predicted octanol–water partition coefficient (Wildman–Crippen LogP) is 3.80. The second kappa shape index (κ2) is 7.98. The van der Waals surface area contributed by atoms with Gasteiger partial charge in [-0.2, -0.15) is 5.10 Å². The number of benzene rings is 1. The van der Waals surface area contributed by atoms with Crippen molar-refractivity contribution < 1.29 is 13.9 Å². The summed E-state index contributed by atoms with van der Waals surface area (Å²) in [7, 11) is 0. The molecule has 160 valence electrons. The zero-order valence-corrected chi connectivity index (χ0v) is 16.9. The Kier molecular flexibility index (Phi) is 5.01. The maximum Gasteiger partial charge on any atom is 0.415 e. The van der Waals surface area contributed by atoms with E-state index in [1.807, 2.05) is 6.07 Å². The molecule has 1 amide bonds. The zero-order chi connectivity index (χ0) is 21.3. The van der Waals surface area contributed by atoms with Crippen molar-refractivity contribution in [3.63, 3.8) is 0 Å². The monoisotopic (exact) mass is 422 g/mol. The van der Waals surface area contributed by atoms with E-state index in [0.717, 1.165) is 32.2 Å². The van der Waals surface area contributed by atoms with Crippen LogP contribution in [-0.4, -0.2) is 44.5 Å². The van der Waals surface area contributed by atoms with Crippen LogP contribution in [0.25, 0.3) is 5.69 Å². The summed E-state index contributed by atoms with van der Waals surface area (Å²) in [5.41, 5.74) is 0.653. The molecule has 0 radical (unpaired) electrons. The fraction of sp³-hybridized carbons (Fsp3) is 0.364. The molecule has 31 heavy (non-hydrogen) atoms. The number of nitrogens with one attached hydrogen (secondary N) is 1. The molecule has 0 atom stereocenters. The van der Waals surface area contributed by atoms with Crippen molar-refractivity contribution in [1.82, 2.24) is 19.7 Å². The van der Waals surface area contributed by atoms with Crippen LogP contribution >= 0.6 is 0 Å². The fourth-order valence-electron chi connectivity index (χ4n) is 4.36. The smallest absolute Gasteiger partial charge is 0.415 e. The van der Waals surface area contributed by atoms with Gasteiger partial charge in [-0.3, -0.25) is 4.90 Å². The van der Waals surface area contributed by atoms with E-state index in [1.165, 1.54) is 17.1 Å². The van der Waals surface area contributed by atoms with Crippen LogP contribution in [0.15, 0.2) is 55.2 Å². The Morgan fingerprint density at radius 2 is 1.94 bits per heavy atom. The lowest BCUT2D eigenvalue weighted by atomic mass is 9.78. The lowest BCUT2D eigenvalue weighted by Crippen LogP contribution is -2.39. The Hall–Kier alpha value is -3.49. The van der Waals surface area contributed by atoms with Crippen LogP contribution < -0.4 is 10.2 Å². The Balaban J connectivity index is 1.15. The number of hydrogen-bond donors (Lipinski definition) is 1. The number of anilines is 2. The summed E-state index contributed by atoms with van der Waals surface area (Å²) in [4.78, 5) is 22.0. The number of halogens is 1. The van der Waals surface area contributed by atoms with Gasteiger partial charge in [-0.05, 0) is 43.7 Å². The fourth-order valence-corrected chi connectivity index (χ4v) is 4.36. The summed E-state index contributed by atoms with van der Waals surface area (Å²) in [5, 5.41) is 7.79. The first kappa shape index (κ1) is 19.5. The number of aromatic nitrogens is 4. The van der Waals surface area contributed by atoms with E-state index < -0.39 is 5.60 Å². The van der Waals surface area contributed by atoms with E-state index in [2.05, 4.69) is 20.4 Å². The Morgan fingerprint density at radius 3 is 2.71 bits per heavy atom. The molecule has 5 rings (SSSR count). The number of carbonyl (C=O) groups excluding carboxylic acids is 1. The van der Waals surface area contributed by atoms with E-state index in [9.17, 15) is 9.18 Å². The van der Waals surface area contributed by atoms with Gasteiger partial charge in [0.15, 0.2) is 0 Å². The lowest BCUT2D eigenvalue weighted by Gasteiger charge is -2.35. The van der Waals surface area contributed by atoms with E-state index in [4.69, 9.17) is 4.74 Å². The Bertz CT molecular complexity index is 1060. The molecule has 2 fully saturated rings. The maximum absolute atomic E-state index is 13.9. The minimum atomic E-state index is -0.435. The molecule has 1 spiro atoms. The number of hydrogen-bond acceptors (Lipinski definition) is 6. The molecule has 3 heterocycles. The topological polar surface area (TPSA) is 85.2 Å². The van der Waals surface area contributed by atoms with E-state index in [0.29, 0.717) is 29.7 Å². The molecule has 1 saturated carbocycles. The average Bonchev–Trinajstić information content (AvgIpc) is 3.39. The van der Waals surface area contributed by atoms with Gasteiger partial charge >= 0.3 is 6.09 Å². The largest absolute Gasteiger partial charge is 0.441 e. The highest BCUT2D eigenvalue weighted by molar-refractivity contribution is 5.89. The third-order valence-corrected chi connectivity index (χ3v) is 6.11. The van der Waals surface area contributed by atoms with Crippen LogP contribution in [-0.2, 0) is 4.74 Å². The van der Waals surface area contributed by atoms with Crippen LogP contribution in [0.2, 0.25) is 0 Å². The molecular formula is C22H23FN6O2. The van der Waals surface area contributed by atoms with Gasteiger partial charge in [-0.1, -0.05) is 12.1 Å². The van der Waals surface area contributed by atoms with Gasteiger partial charge in [0.05, 0.1) is 24.6 Å². The summed E-state index contributed by atoms with van der Waals surface area (Å²) < 4.78 is 21.3. The third-order valence-electron chi connectivity index (χ3n) is 6.11.